The molecule has 1 aromatic heterocycles. The van der Waals surface area contributed by atoms with Crippen LogP contribution in [0.25, 0.3) is 11.0 Å². The highest BCUT2D eigenvalue weighted by Crippen LogP contribution is 2.21. The van der Waals surface area contributed by atoms with E-state index in [0.29, 0.717) is 18.1 Å². The van der Waals surface area contributed by atoms with E-state index >= 15 is 0 Å². The third kappa shape index (κ3) is 2.08. The molecule has 98 valence electrons. The summed E-state index contributed by atoms with van der Waals surface area (Å²) in [5.74, 6) is 0.0579. The minimum atomic E-state index is -0.289. The number of nitrogen functional groups attached to an aromatic ring is 1. The lowest BCUT2D eigenvalue weighted by Gasteiger charge is -2.07. The van der Waals surface area contributed by atoms with Gasteiger partial charge in [-0.3, -0.25) is 0 Å². The largest absolute Gasteiger partial charge is 0.369 e. The molecule has 0 spiro atoms. The summed E-state index contributed by atoms with van der Waals surface area (Å²) in [4.78, 5) is 4.24. The number of hydrogen-bond donors (Lipinski definition) is 1. The minimum absolute atomic E-state index is 0.289. The van der Waals surface area contributed by atoms with Crippen molar-refractivity contribution < 1.29 is 4.39 Å². The summed E-state index contributed by atoms with van der Waals surface area (Å²) in [6.45, 7) is 0.412. The number of nitrogens with zero attached hydrogens (tertiary/aromatic N) is 3. The van der Waals surface area contributed by atoms with Crippen molar-refractivity contribution in [1.29, 1.82) is 5.26 Å². The van der Waals surface area contributed by atoms with Crippen molar-refractivity contribution in [2.75, 3.05) is 5.73 Å². The summed E-state index contributed by atoms with van der Waals surface area (Å²) in [5, 5.41) is 8.96. The number of hydrogen-bond acceptors (Lipinski definition) is 3. The lowest BCUT2D eigenvalue weighted by molar-refractivity contribution is 0.624. The van der Waals surface area contributed by atoms with Crippen molar-refractivity contribution in [3.05, 3.63) is 59.4 Å². The Morgan fingerprint density at radius 2 is 2.10 bits per heavy atom. The van der Waals surface area contributed by atoms with Gasteiger partial charge in [0.15, 0.2) is 0 Å². The van der Waals surface area contributed by atoms with Crippen LogP contribution in [-0.2, 0) is 6.54 Å². The van der Waals surface area contributed by atoms with Gasteiger partial charge in [0, 0.05) is 0 Å². The van der Waals surface area contributed by atoms with E-state index in [2.05, 4.69) is 11.1 Å². The highest BCUT2D eigenvalue weighted by Gasteiger charge is 2.09. The Hall–Kier alpha value is -2.87. The van der Waals surface area contributed by atoms with Crippen LogP contribution in [0.15, 0.2) is 42.5 Å². The first-order chi connectivity index (χ1) is 9.67. The predicted octanol–water partition coefficient (Wildman–Crippen LogP) is 2.68. The molecule has 0 bridgehead atoms. The lowest BCUT2D eigenvalue weighted by atomic mass is 10.2. The molecule has 1 heterocycles. The molecule has 0 atom stereocenters. The van der Waals surface area contributed by atoms with Crippen LogP contribution in [-0.4, -0.2) is 9.55 Å². The highest BCUT2D eigenvalue weighted by molar-refractivity contribution is 5.80. The second-order valence-electron chi connectivity index (χ2n) is 4.50. The molecule has 0 saturated heterocycles. The van der Waals surface area contributed by atoms with Crippen LogP contribution in [0.5, 0.6) is 0 Å². The minimum Gasteiger partial charge on any atom is -0.369 e. The molecule has 0 aliphatic carbocycles. The fourth-order valence-corrected chi connectivity index (χ4v) is 2.19. The zero-order valence-electron chi connectivity index (χ0n) is 10.5. The van der Waals surface area contributed by atoms with Crippen molar-refractivity contribution in [2.45, 2.75) is 6.54 Å². The average Bonchev–Trinajstić information content (AvgIpc) is 2.74. The van der Waals surface area contributed by atoms with Gasteiger partial charge in [0.25, 0.3) is 0 Å². The van der Waals surface area contributed by atoms with Crippen LogP contribution < -0.4 is 5.73 Å². The Balaban J connectivity index is 2.11. The first-order valence-electron chi connectivity index (χ1n) is 6.07. The van der Waals surface area contributed by atoms with Gasteiger partial charge in [-0.2, -0.15) is 5.26 Å². The van der Waals surface area contributed by atoms with Crippen molar-refractivity contribution in [3.8, 4) is 6.07 Å². The fourth-order valence-electron chi connectivity index (χ4n) is 2.19. The second-order valence-corrected chi connectivity index (χ2v) is 4.50. The van der Waals surface area contributed by atoms with Crippen molar-refractivity contribution in [1.82, 2.24) is 9.55 Å². The molecule has 0 radical (unpaired) electrons. The monoisotopic (exact) mass is 266 g/mol. The molecule has 0 amide bonds. The Morgan fingerprint density at radius 1 is 1.25 bits per heavy atom. The van der Waals surface area contributed by atoms with Gasteiger partial charge in [0.1, 0.15) is 5.82 Å². The summed E-state index contributed by atoms with van der Waals surface area (Å²) < 4.78 is 15.0. The topological polar surface area (TPSA) is 67.6 Å². The zero-order valence-corrected chi connectivity index (χ0v) is 10.5. The standard InChI is InChI=1S/C15H11FN4/c16-12-3-1-2-11(6-12)9-20-14-7-10(8-17)4-5-13(14)19-15(20)18/h1-7H,9H2,(H2,18,19). The van der Waals surface area contributed by atoms with Crippen molar-refractivity contribution >= 4 is 17.0 Å². The second kappa shape index (κ2) is 4.67. The molecular weight excluding hydrogens is 255 g/mol. The Bertz CT molecular complexity index is 829. The fraction of sp³-hybridized carbons (Fsp3) is 0.0667. The van der Waals surface area contributed by atoms with Crippen LogP contribution in [0, 0.1) is 17.1 Å². The molecular formula is C15H11FN4. The summed E-state index contributed by atoms with van der Waals surface area (Å²) in [6.07, 6.45) is 0. The van der Waals surface area contributed by atoms with Crippen molar-refractivity contribution in [3.63, 3.8) is 0 Å². The number of nitrogens with two attached hydrogens (primary N) is 1. The number of nitriles is 1. The number of imidazole rings is 1. The molecule has 5 heteroatoms. The third-order valence-corrected chi connectivity index (χ3v) is 3.14. The quantitative estimate of drug-likeness (QED) is 0.775. The summed E-state index contributed by atoms with van der Waals surface area (Å²) in [5.41, 5.74) is 8.73. The van der Waals surface area contributed by atoms with Gasteiger partial charge in [-0.1, -0.05) is 12.1 Å². The SMILES string of the molecule is N#Cc1ccc2nc(N)n(Cc3cccc(F)c3)c2c1. The molecule has 0 aliphatic heterocycles. The molecule has 2 N–H and O–H groups in total. The first kappa shape index (κ1) is 12.2. The maximum absolute atomic E-state index is 13.2. The first-order valence-corrected chi connectivity index (χ1v) is 6.07. The molecule has 0 aliphatic rings. The van der Waals surface area contributed by atoms with E-state index in [0.717, 1.165) is 16.6 Å². The molecule has 3 rings (SSSR count). The Labute approximate surface area is 114 Å². The van der Waals surface area contributed by atoms with E-state index in [1.807, 2.05) is 6.07 Å². The molecule has 20 heavy (non-hydrogen) atoms. The number of benzene rings is 2. The molecule has 4 nitrogen and oxygen atoms in total. The van der Waals surface area contributed by atoms with E-state index in [-0.39, 0.29) is 5.82 Å². The van der Waals surface area contributed by atoms with Crippen molar-refractivity contribution in [2.24, 2.45) is 0 Å². The summed E-state index contributed by atoms with van der Waals surface area (Å²) in [7, 11) is 0. The maximum atomic E-state index is 13.2. The normalized spacial score (nSPS) is 10.6. The molecule has 0 saturated carbocycles. The van der Waals surface area contributed by atoms with Crippen LogP contribution in [0.2, 0.25) is 0 Å². The van der Waals surface area contributed by atoms with E-state index in [1.54, 1.807) is 28.8 Å². The lowest BCUT2D eigenvalue weighted by Crippen LogP contribution is -2.04. The van der Waals surface area contributed by atoms with Crippen LogP contribution in [0.4, 0.5) is 10.3 Å². The van der Waals surface area contributed by atoms with Crippen LogP contribution in [0.3, 0.4) is 0 Å². The van der Waals surface area contributed by atoms with Gasteiger partial charge < -0.3 is 10.3 Å². The zero-order chi connectivity index (χ0) is 14.1. The highest BCUT2D eigenvalue weighted by atomic mass is 19.1. The van der Waals surface area contributed by atoms with E-state index in [4.69, 9.17) is 11.0 Å². The number of rotatable bonds is 2. The maximum Gasteiger partial charge on any atom is 0.201 e. The molecule has 0 fully saturated rings. The Kier molecular flexibility index (Phi) is 2.84. The molecule has 3 aromatic rings. The Morgan fingerprint density at radius 3 is 2.85 bits per heavy atom. The van der Waals surface area contributed by atoms with Crippen LogP contribution >= 0.6 is 0 Å². The van der Waals surface area contributed by atoms with Gasteiger partial charge in [0.05, 0.1) is 29.2 Å². The number of anilines is 1. The van der Waals surface area contributed by atoms with Gasteiger partial charge in [-0.25, -0.2) is 9.37 Å². The summed E-state index contributed by atoms with van der Waals surface area (Å²) >= 11 is 0. The number of aromatic nitrogens is 2. The average molecular weight is 266 g/mol. The van der Waals surface area contributed by atoms with Gasteiger partial charge >= 0.3 is 0 Å². The van der Waals surface area contributed by atoms with E-state index in [9.17, 15) is 4.39 Å². The van der Waals surface area contributed by atoms with Gasteiger partial charge in [-0.05, 0) is 35.9 Å². The van der Waals surface area contributed by atoms with Crippen LogP contribution in [0.1, 0.15) is 11.1 Å². The van der Waals surface area contributed by atoms with E-state index in [1.165, 1.54) is 12.1 Å². The van der Waals surface area contributed by atoms with E-state index < -0.39 is 0 Å². The molecule has 0 unspecified atom stereocenters. The third-order valence-electron chi connectivity index (χ3n) is 3.14. The van der Waals surface area contributed by atoms with Gasteiger partial charge in [-0.15, -0.1) is 0 Å². The molecule has 2 aromatic carbocycles. The number of fused-ring (bicyclic) bond motifs is 1. The smallest absolute Gasteiger partial charge is 0.201 e. The number of halogens is 1. The summed E-state index contributed by atoms with van der Waals surface area (Å²) in [6, 6.07) is 13.6. The van der Waals surface area contributed by atoms with Gasteiger partial charge in [0.2, 0.25) is 5.95 Å². The predicted molar refractivity (Wildman–Crippen MR) is 74.4 cm³/mol.